The van der Waals surface area contributed by atoms with Crippen molar-refractivity contribution < 1.29 is 15.0 Å². The van der Waals surface area contributed by atoms with Crippen molar-refractivity contribution in [1.82, 2.24) is 15.2 Å². The fraction of sp³-hybridized carbons (Fsp3) is 0.0556. The van der Waals surface area contributed by atoms with Crippen LogP contribution in [0.15, 0.2) is 64.3 Å². The van der Waals surface area contributed by atoms with E-state index in [0.717, 1.165) is 10.0 Å². The van der Waals surface area contributed by atoms with E-state index >= 15 is 0 Å². The quantitative estimate of drug-likeness (QED) is 0.441. The van der Waals surface area contributed by atoms with E-state index in [1.807, 2.05) is 24.3 Å². The first-order valence-corrected chi connectivity index (χ1v) is 8.44. The summed E-state index contributed by atoms with van der Waals surface area (Å²) in [5.74, 6) is -0.659. The highest BCUT2D eigenvalue weighted by molar-refractivity contribution is 9.10. The number of halogens is 1. The molecule has 0 radical (unpaired) electrons. The SMILES string of the molecule is O=C(N/N=C/c1ccc(O)cc1O)c1ccn(Cc2cccc(Br)c2)n1. The van der Waals surface area contributed by atoms with E-state index in [1.165, 1.54) is 24.4 Å². The zero-order chi connectivity index (χ0) is 18.5. The number of nitrogens with one attached hydrogen (secondary N) is 1. The molecule has 3 rings (SSSR count). The Bertz CT molecular complexity index is 969. The normalized spacial score (nSPS) is 11.0. The molecule has 0 aliphatic carbocycles. The highest BCUT2D eigenvalue weighted by atomic mass is 79.9. The molecule has 132 valence electrons. The predicted molar refractivity (Wildman–Crippen MR) is 100 cm³/mol. The molecule has 2 aromatic carbocycles. The topological polar surface area (TPSA) is 99.7 Å². The van der Waals surface area contributed by atoms with Gasteiger partial charge in [-0.05, 0) is 35.9 Å². The summed E-state index contributed by atoms with van der Waals surface area (Å²) in [7, 11) is 0. The van der Waals surface area contributed by atoms with Gasteiger partial charge in [0.05, 0.1) is 12.8 Å². The second-order valence-corrected chi connectivity index (χ2v) is 6.39. The number of hydrogen-bond donors (Lipinski definition) is 3. The van der Waals surface area contributed by atoms with E-state index in [1.54, 1.807) is 16.9 Å². The summed E-state index contributed by atoms with van der Waals surface area (Å²) in [6, 6.07) is 13.5. The van der Waals surface area contributed by atoms with Crippen LogP contribution >= 0.6 is 15.9 Å². The fourth-order valence-corrected chi connectivity index (χ4v) is 2.70. The number of amides is 1. The largest absolute Gasteiger partial charge is 0.508 e. The molecule has 0 spiro atoms. The molecule has 3 aromatic rings. The van der Waals surface area contributed by atoms with Crippen molar-refractivity contribution in [3.05, 3.63) is 76.0 Å². The first kappa shape index (κ1) is 17.7. The Morgan fingerprint density at radius 1 is 1.23 bits per heavy atom. The Hall–Kier alpha value is -3.13. The van der Waals surface area contributed by atoms with E-state index in [2.05, 4.69) is 31.6 Å². The molecule has 26 heavy (non-hydrogen) atoms. The van der Waals surface area contributed by atoms with Crippen molar-refractivity contribution in [2.75, 3.05) is 0 Å². The zero-order valence-corrected chi connectivity index (χ0v) is 15.1. The summed E-state index contributed by atoms with van der Waals surface area (Å²) < 4.78 is 2.64. The summed E-state index contributed by atoms with van der Waals surface area (Å²) in [6.07, 6.45) is 3.00. The molecular weight excluding hydrogens is 400 g/mol. The average molecular weight is 415 g/mol. The van der Waals surface area contributed by atoms with Crippen LogP contribution in [0.3, 0.4) is 0 Å². The number of aromatic nitrogens is 2. The molecule has 7 nitrogen and oxygen atoms in total. The third-order valence-electron chi connectivity index (χ3n) is 3.49. The van der Waals surface area contributed by atoms with Crippen molar-refractivity contribution >= 4 is 28.1 Å². The molecule has 1 heterocycles. The molecule has 1 aromatic heterocycles. The van der Waals surface area contributed by atoms with Crippen LogP contribution in [0, 0.1) is 0 Å². The Morgan fingerprint density at radius 3 is 2.85 bits per heavy atom. The molecule has 0 unspecified atom stereocenters. The second-order valence-electron chi connectivity index (χ2n) is 5.47. The summed E-state index contributed by atoms with van der Waals surface area (Å²) in [5.41, 5.74) is 3.99. The Morgan fingerprint density at radius 2 is 2.08 bits per heavy atom. The van der Waals surface area contributed by atoms with E-state index < -0.39 is 5.91 Å². The average Bonchev–Trinajstić information content (AvgIpc) is 3.05. The van der Waals surface area contributed by atoms with Gasteiger partial charge >= 0.3 is 0 Å². The number of carbonyl (C=O) groups is 1. The van der Waals surface area contributed by atoms with Crippen molar-refractivity contribution in [2.24, 2.45) is 5.10 Å². The predicted octanol–water partition coefficient (Wildman–Crippen LogP) is 2.87. The molecule has 0 atom stereocenters. The summed E-state index contributed by atoms with van der Waals surface area (Å²) in [5, 5.41) is 26.9. The van der Waals surface area contributed by atoms with E-state index in [0.29, 0.717) is 12.1 Å². The van der Waals surface area contributed by atoms with Gasteiger partial charge in [-0.3, -0.25) is 9.48 Å². The first-order chi connectivity index (χ1) is 12.5. The van der Waals surface area contributed by atoms with Gasteiger partial charge < -0.3 is 10.2 Å². The highest BCUT2D eigenvalue weighted by Gasteiger charge is 2.09. The van der Waals surface area contributed by atoms with Crippen molar-refractivity contribution in [2.45, 2.75) is 6.54 Å². The summed E-state index contributed by atoms with van der Waals surface area (Å²) in [4.78, 5) is 12.1. The number of phenols is 2. The Labute approximate surface area is 157 Å². The number of hydrazone groups is 1. The van der Waals surface area contributed by atoms with Gasteiger partial charge in [0.2, 0.25) is 0 Å². The van der Waals surface area contributed by atoms with Crippen LogP contribution < -0.4 is 5.43 Å². The molecule has 0 aliphatic heterocycles. The van der Waals surface area contributed by atoms with Crippen molar-refractivity contribution in [3.8, 4) is 11.5 Å². The van der Waals surface area contributed by atoms with Gasteiger partial charge in [0.25, 0.3) is 5.91 Å². The minimum absolute atomic E-state index is 0.0559. The minimum atomic E-state index is -0.465. The molecule has 0 fully saturated rings. The summed E-state index contributed by atoms with van der Waals surface area (Å²) in [6.45, 7) is 0.539. The number of nitrogens with zero attached hydrogens (tertiary/aromatic N) is 3. The number of benzene rings is 2. The lowest BCUT2D eigenvalue weighted by Gasteiger charge is -2.02. The molecule has 0 saturated heterocycles. The highest BCUT2D eigenvalue weighted by Crippen LogP contribution is 2.20. The molecule has 0 saturated carbocycles. The molecule has 0 aliphatic rings. The van der Waals surface area contributed by atoms with Crippen LogP contribution in [0.4, 0.5) is 0 Å². The van der Waals surface area contributed by atoms with E-state index in [-0.39, 0.29) is 17.2 Å². The lowest BCUT2D eigenvalue weighted by atomic mass is 10.2. The maximum Gasteiger partial charge on any atom is 0.291 e. The third kappa shape index (κ3) is 4.48. The molecular formula is C18H15BrN4O3. The van der Waals surface area contributed by atoms with Crippen LogP contribution in [0.2, 0.25) is 0 Å². The van der Waals surface area contributed by atoms with Gasteiger partial charge in [-0.25, -0.2) is 5.43 Å². The Balaban J connectivity index is 1.62. The van der Waals surface area contributed by atoms with Crippen LogP contribution in [0.5, 0.6) is 11.5 Å². The van der Waals surface area contributed by atoms with Crippen molar-refractivity contribution in [1.29, 1.82) is 0 Å². The summed E-state index contributed by atoms with van der Waals surface area (Å²) >= 11 is 3.42. The lowest BCUT2D eigenvalue weighted by molar-refractivity contribution is 0.0949. The van der Waals surface area contributed by atoms with Crippen LogP contribution in [0.1, 0.15) is 21.6 Å². The Kier molecular flexibility index (Phi) is 5.33. The van der Waals surface area contributed by atoms with Gasteiger partial charge in [-0.2, -0.15) is 10.2 Å². The standard InChI is InChI=1S/C18H15BrN4O3/c19-14-3-1-2-12(8-14)11-23-7-6-16(22-23)18(26)21-20-10-13-4-5-15(24)9-17(13)25/h1-10,24-25H,11H2,(H,21,26)/b20-10+. The monoisotopic (exact) mass is 414 g/mol. The van der Waals surface area contributed by atoms with Crippen molar-refractivity contribution in [3.63, 3.8) is 0 Å². The maximum atomic E-state index is 12.1. The number of phenolic OH excluding ortho intramolecular Hbond substituents is 2. The molecule has 1 amide bonds. The first-order valence-electron chi connectivity index (χ1n) is 7.64. The van der Waals surface area contributed by atoms with Crippen LogP contribution in [-0.4, -0.2) is 32.1 Å². The van der Waals surface area contributed by atoms with E-state index in [4.69, 9.17) is 0 Å². The second kappa shape index (κ2) is 7.83. The minimum Gasteiger partial charge on any atom is -0.508 e. The fourth-order valence-electron chi connectivity index (χ4n) is 2.25. The number of rotatable bonds is 5. The van der Waals surface area contributed by atoms with Gasteiger partial charge in [0, 0.05) is 22.3 Å². The molecule has 0 bridgehead atoms. The maximum absolute atomic E-state index is 12.1. The molecule has 8 heteroatoms. The van der Waals surface area contributed by atoms with Gasteiger partial charge in [0.15, 0.2) is 5.69 Å². The van der Waals surface area contributed by atoms with Crippen LogP contribution in [0.25, 0.3) is 0 Å². The molecule has 3 N–H and O–H groups in total. The van der Waals surface area contributed by atoms with Gasteiger partial charge in [-0.15, -0.1) is 0 Å². The number of aromatic hydroxyl groups is 2. The van der Waals surface area contributed by atoms with Gasteiger partial charge in [0.1, 0.15) is 11.5 Å². The smallest absolute Gasteiger partial charge is 0.291 e. The zero-order valence-electron chi connectivity index (χ0n) is 13.5. The van der Waals surface area contributed by atoms with Crippen LogP contribution in [-0.2, 0) is 6.54 Å². The van der Waals surface area contributed by atoms with E-state index in [9.17, 15) is 15.0 Å². The third-order valence-corrected chi connectivity index (χ3v) is 3.98. The van der Waals surface area contributed by atoms with Gasteiger partial charge in [-0.1, -0.05) is 28.1 Å². The number of carbonyl (C=O) groups excluding carboxylic acids is 1. The number of hydrogen-bond acceptors (Lipinski definition) is 5. The lowest BCUT2D eigenvalue weighted by Crippen LogP contribution is -2.18.